The summed E-state index contributed by atoms with van der Waals surface area (Å²) in [6.45, 7) is 0. The van der Waals surface area contributed by atoms with E-state index in [1.807, 2.05) is 12.1 Å². The monoisotopic (exact) mass is 186 g/mol. The lowest BCUT2D eigenvalue weighted by atomic mass is 10.2. The molecule has 0 saturated carbocycles. The van der Waals surface area contributed by atoms with Crippen LogP contribution in [0.4, 0.5) is 0 Å². The Morgan fingerprint density at radius 2 is 2.14 bits per heavy atom. The molecule has 2 rings (SSSR count). The van der Waals surface area contributed by atoms with Crippen LogP contribution >= 0.6 is 0 Å². The molecule has 0 unspecified atom stereocenters. The van der Waals surface area contributed by atoms with E-state index in [1.54, 1.807) is 18.2 Å². The molecule has 68 valence electrons. The normalized spacial score (nSPS) is 9.71. The molecule has 14 heavy (non-hydrogen) atoms. The Bertz CT molecular complexity index is 580. The predicted molar refractivity (Wildman–Crippen MR) is 51.3 cm³/mol. The van der Waals surface area contributed by atoms with Crippen LogP contribution in [0.1, 0.15) is 5.56 Å². The van der Waals surface area contributed by atoms with Crippen molar-refractivity contribution in [1.29, 1.82) is 0 Å². The maximum Gasteiger partial charge on any atom is 0.350 e. The highest BCUT2D eigenvalue weighted by molar-refractivity contribution is 5.84. The maximum atomic E-state index is 11.3. The largest absolute Gasteiger partial charge is 0.422 e. The second kappa shape index (κ2) is 3.28. The number of benzene rings is 1. The number of rotatable bonds is 1. The lowest BCUT2D eigenvalue weighted by Crippen LogP contribution is -2.06. The first-order valence-corrected chi connectivity index (χ1v) is 4.01. The van der Waals surface area contributed by atoms with Crippen molar-refractivity contribution in [2.45, 2.75) is 0 Å². The Morgan fingerprint density at radius 3 is 2.93 bits per heavy atom. The molecule has 0 aliphatic heterocycles. The molecule has 4 heteroatoms. The molecule has 1 aromatic heterocycles. The molecule has 0 saturated heterocycles. The van der Waals surface area contributed by atoms with Crippen molar-refractivity contribution in [3.8, 4) is 0 Å². The lowest BCUT2D eigenvalue weighted by molar-refractivity contribution is 0.00438. The van der Waals surface area contributed by atoms with Gasteiger partial charge in [0.25, 0.3) is 6.21 Å². The second-order valence-electron chi connectivity index (χ2n) is 2.77. The minimum Gasteiger partial charge on any atom is -0.422 e. The van der Waals surface area contributed by atoms with E-state index >= 15 is 0 Å². The van der Waals surface area contributed by atoms with Crippen LogP contribution in [0.15, 0.2) is 39.5 Å². The Labute approximate surface area is 79.0 Å². The Morgan fingerprint density at radius 1 is 1.36 bits per heavy atom. The Kier molecular flexibility index (Phi) is 1.97. The summed E-state index contributed by atoms with van der Waals surface area (Å²) in [5.74, 6) is 0. The highest BCUT2D eigenvalue weighted by Gasteiger charge is 2.04. The van der Waals surface area contributed by atoms with Crippen LogP contribution in [0.2, 0.25) is 0 Å². The van der Waals surface area contributed by atoms with E-state index in [9.17, 15) is 4.79 Å². The van der Waals surface area contributed by atoms with E-state index < -0.39 is 5.63 Å². The van der Waals surface area contributed by atoms with Gasteiger partial charge in [-0.05, 0) is 12.1 Å². The van der Waals surface area contributed by atoms with Crippen LogP contribution in [-0.4, -0.2) is 11.0 Å². The summed E-state index contributed by atoms with van der Waals surface area (Å²) in [5.41, 5.74) is 8.54. The molecule has 2 aromatic rings. The number of fused-ring (bicyclic) bond motifs is 1. The van der Waals surface area contributed by atoms with Gasteiger partial charge in [-0.25, -0.2) is 4.79 Å². The molecule has 0 N–H and O–H groups in total. The zero-order valence-corrected chi connectivity index (χ0v) is 7.18. The fourth-order valence-electron chi connectivity index (χ4n) is 1.23. The van der Waals surface area contributed by atoms with Crippen molar-refractivity contribution in [2.75, 3.05) is 0 Å². The highest BCUT2D eigenvalue weighted by atomic mass is 16.4. The summed E-state index contributed by atoms with van der Waals surface area (Å²) in [6, 6.07) is 8.75. The fourth-order valence-corrected chi connectivity index (χ4v) is 1.23. The van der Waals surface area contributed by atoms with Gasteiger partial charge < -0.3 is 9.95 Å². The molecule has 0 fully saturated rings. The van der Waals surface area contributed by atoms with E-state index in [2.05, 4.69) is 4.79 Å². The number of para-hydroxylation sites is 1. The van der Waals surface area contributed by atoms with Crippen LogP contribution in [0.25, 0.3) is 16.5 Å². The number of hydrogen-bond acceptors (Lipinski definition) is 2. The van der Waals surface area contributed by atoms with Crippen LogP contribution in [0.3, 0.4) is 0 Å². The van der Waals surface area contributed by atoms with Crippen molar-refractivity contribution in [3.05, 3.63) is 51.8 Å². The van der Waals surface area contributed by atoms with Crippen LogP contribution < -0.4 is 5.63 Å². The van der Waals surface area contributed by atoms with Crippen molar-refractivity contribution in [1.82, 2.24) is 0 Å². The minimum atomic E-state index is -0.512. The number of hydrogen-bond donors (Lipinski definition) is 0. The van der Waals surface area contributed by atoms with E-state index in [0.717, 1.165) is 11.6 Å². The van der Waals surface area contributed by atoms with E-state index in [1.165, 1.54) is 0 Å². The zero-order chi connectivity index (χ0) is 9.97. The van der Waals surface area contributed by atoms with E-state index in [-0.39, 0.29) is 5.56 Å². The van der Waals surface area contributed by atoms with Crippen molar-refractivity contribution >= 4 is 17.2 Å². The first-order valence-electron chi connectivity index (χ1n) is 4.01. The van der Waals surface area contributed by atoms with Gasteiger partial charge in [0.05, 0.1) is 0 Å². The third kappa shape index (κ3) is 1.34. The molecule has 0 spiro atoms. The zero-order valence-electron chi connectivity index (χ0n) is 7.18. The molecule has 0 amide bonds. The standard InChI is InChI=1S/C10H6N2O2/c11-12-6-8-5-7-3-1-2-4-9(7)14-10(8)13/h1-6H. The van der Waals surface area contributed by atoms with Gasteiger partial charge >= 0.3 is 5.63 Å². The van der Waals surface area contributed by atoms with Crippen LogP contribution in [-0.2, 0) is 0 Å². The van der Waals surface area contributed by atoms with Gasteiger partial charge in [0, 0.05) is 5.39 Å². The average Bonchev–Trinajstić information content (AvgIpc) is 2.19. The summed E-state index contributed by atoms with van der Waals surface area (Å²) < 4.78 is 4.99. The first-order chi connectivity index (χ1) is 6.81. The summed E-state index contributed by atoms with van der Waals surface area (Å²) >= 11 is 0. The number of nitrogens with zero attached hydrogens (tertiary/aromatic N) is 2. The van der Waals surface area contributed by atoms with E-state index in [4.69, 9.17) is 9.95 Å². The van der Waals surface area contributed by atoms with Gasteiger partial charge in [-0.1, -0.05) is 18.2 Å². The molecule has 4 nitrogen and oxygen atoms in total. The fraction of sp³-hybridized carbons (Fsp3) is 0. The summed E-state index contributed by atoms with van der Waals surface area (Å²) in [6.07, 6.45) is 1.05. The Balaban J connectivity index is 2.83. The van der Waals surface area contributed by atoms with Gasteiger partial charge in [-0.2, -0.15) is 4.79 Å². The molecule has 0 aliphatic carbocycles. The van der Waals surface area contributed by atoms with Gasteiger partial charge in [0.1, 0.15) is 11.1 Å². The summed E-state index contributed by atoms with van der Waals surface area (Å²) in [7, 11) is 0. The van der Waals surface area contributed by atoms with Crippen molar-refractivity contribution in [2.24, 2.45) is 0 Å². The second-order valence-corrected chi connectivity index (χ2v) is 2.77. The molecule has 0 aliphatic rings. The first kappa shape index (κ1) is 8.41. The third-order valence-corrected chi connectivity index (χ3v) is 1.87. The van der Waals surface area contributed by atoms with E-state index in [0.29, 0.717) is 5.58 Å². The SMILES string of the molecule is [N-]=[N+]=Cc1cc2ccccc2oc1=O. The van der Waals surface area contributed by atoms with Gasteiger partial charge in [-0.3, -0.25) is 0 Å². The smallest absolute Gasteiger partial charge is 0.350 e. The van der Waals surface area contributed by atoms with Gasteiger partial charge in [-0.15, -0.1) is 0 Å². The predicted octanol–water partition coefficient (Wildman–Crippen LogP) is 1.44. The summed E-state index contributed by atoms with van der Waals surface area (Å²) in [4.78, 5) is 14.0. The van der Waals surface area contributed by atoms with Crippen molar-refractivity contribution in [3.63, 3.8) is 0 Å². The average molecular weight is 186 g/mol. The maximum absolute atomic E-state index is 11.3. The van der Waals surface area contributed by atoms with Crippen molar-refractivity contribution < 1.29 is 9.21 Å². The molecule has 0 atom stereocenters. The minimum absolute atomic E-state index is 0.228. The molecule has 0 radical (unpaired) electrons. The molecular formula is C10H6N2O2. The lowest BCUT2D eigenvalue weighted by Gasteiger charge is -1.94. The quantitative estimate of drug-likeness (QED) is 0.292. The highest BCUT2D eigenvalue weighted by Crippen LogP contribution is 2.11. The third-order valence-electron chi connectivity index (χ3n) is 1.87. The Hall–Kier alpha value is -2.19. The molecule has 1 aromatic carbocycles. The van der Waals surface area contributed by atoms with Gasteiger partial charge in [0.2, 0.25) is 0 Å². The molecule has 0 bridgehead atoms. The molecule has 1 heterocycles. The summed E-state index contributed by atoms with van der Waals surface area (Å²) in [5, 5.41) is 0.794. The molecular weight excluding hydrogens is 180 g/mol. The topological polar surface area (TPSA) is 66.6 Å². The van der Waals surface area contributed by atoms with Crippen LogP contribution in [0, 0.1) is 0 Å². The van der Waals surface area contributed by atoms with Crippen LogP contribution in [0.5, 0.6) is 0 Å². The van der Waals surface area contributed by atoms with Gasteiger partial charge in [0.15, 0.2) is 0 Å².